The molecule has 11 aromatic rings. The van der Waals surface area contributed by atoms with Crippen molar-refractivity contribution in [2.75, 3.05) is 0 Å². The Balaban J connectivity index is 0.946. The molecule has 4 heterocycles. The lowest BCUT2D eigenvalue weighted by atomic mass is 10.00. The second kappa shape index (κ2) is 11.7. The van der Waals surface area contributed by atoms with Crippen LogP contribution in [0.3, 0.4) is 0 Å². The van der Waals surface area contributed by atoms with Gasteiger partial charge in [-0.05, 0) is 46.5 Å². The molecule has 7 aromatic carbocycles. The highest BCUT2D eigenvalue weighted by Crippen LogP contribution is 2.42. The lowest BCUT2D eigenvalue weighted by Gasteiger charge is -2.10. The molecule has 0 aliphatic rings. The van der Waals surface area contributed by atoms with Crippen molar-refractivity contribution in [2.45, 2.75) is 0 Å². The van der Waals surface area contributed by atoms with E-state index in [0.717, 1.165) is 44.3 Å². The largest absolute Gasteiger partial charge is 0.245 e. The zero-order valence-corrected chi connectivity index (χ0v) is 29.5. The molecule has 0 N–H and O–H groups in total. The molecular weight excluding hydrogens is 669 g/mol. The van der Waals surface area contributed by atoms with Gasteiger partial charge in [0.25, 0.3) is 0 Å². The molecule has 11 rings (SSSR count). The van der Waals surface area contributed by atoms with Crippen LogP contribution in [-0.2, 0) is 0 Å². The quantitative estimate of drug-likeness (QED) is 0.171. The Morgan fingerprint density at radius 3 is 1.15 bits per heavy atom. The van der Waals surface area contributed by atoms with Crippen molar-refractivity contribution in [3.8, 4) is 44.8 Å². The van der Waals surface area contributed by atoms with Crippen LogP contribution in [0.1, 0.15) is 0 Å². The third kappa shape index (κ3) is 4.69. The molecule has 0 radical (unpaired) electrons. The van der Waals surface area contributed by atoms with Crippen LogP contribution >= 0.6 is 22.7 Å². The molecule has 2 nitrogen and oxygen atoms in total. The number of hydrogen-bond donors (Lipinski definition) is 0. The van der Waals surface area contributed by atoms with E-state index in [0.29, 0.717) is 0 Å². The number of pyridine rings is 2. The monoisotopic (exact) mass is 696 g/mol. The van der Waals surface area contributed by atoms with Gasteiger partial charge in [0.1, 0.15) is 0 Å². The molecule has 52 heavy (non-hydrogen) atoms. The van der Waals surface area contributed by atoms with Crippen LogP contribution in [0.25, 0.3) is 107 Å². The number of rotatable bonds is 4. The molecule has 0 aliphatic heterocycles. The van der Waals surface area contributed by atoms with Crippen LogP contribution in [-0.4, -0.2) is 9.97 Å². The molecule has 0 bridgehead atoms. The van der Waals surface area contributed by atoms with Gasteiger partial charge >= 0.3 is 0 Å². The minimum absolute atomic E-state index is 0.920. The summed E-state index contributed by atoms with van der Waals surface area (Å²) in [5.74, 6) is 0. The Labute approximate surface area is 307 Å². The topological polar surface area (TPSA) is 25.8 Å². The molecular formula is C48H28N2S2. The predicted octanol–water partition coefficient (Wildman–Crippen LogP) is 14.2. The minimum Gasteiger partial charge on any atom is -0.245 e. The molecule has 0 atom stereocenters. The maximum Gasteiger partial charge on any atom is 0.0972 e. The number of fused-ring (bicyclic) bond motifs is 9. The highest BCUT2D eigenvalue weighted by atomic mass is 32.1. The van der Waals surface area contributed by atoms with E-state index < -0.39 is 0 Å². The Morgan fingerprint density at radius 2 is 0.692 bits per heavy atom. The zero-order valence-electron chi connectivity index (χ0n) is 27.9. The summed E-state index contributed by atoms with van der Waals surface area (Å²) in [7, 11) is 0. The van der Waals surface area contributed by atoms with E-state index in [1.54, 1.807) is 0 Å². The number of benzene rings is 7. The van der Waals surface area contributed by atoms with Gasteiger partial charge in [-0.1, -0.05) is 146 Å². The van der Waals surface area contributed by atoms with Gasteiger partial charge in [0, 0.05) is 62.2 Å². The van der Waals surface area contributed by atoms with Crippen molar-refractivity contribution >= 4 is 84.8 Å². The number of hydrogen-bond acceptors (Lipinski definition) is 4. The Hall–Kier alpha value is -6.20. The van der Waals surface area contributed by atoms with E-state index in [2.05, 4.69) is 170 Å². The maximum absolute atomic E-state index is 5.23. The van der Waals surface area contributed by atoms with Crippen LogP contribution in [0, 0.1) is 0 Å². The summed E-state index contributed by atoms with van der Waals surface area (Å²) in [5.41, 5.74) is 10.9. The summed E-state index contributed by atoms with van der Waals surface area (Å²) < 4.78 is 5.31. The molecule has 0 saturated carbocycles. The summed E-state index contributed by atoms with van der Waals surface area (Å²) in [5, 5.41) is 7.45. The summed E-state index contributed by atoms with van der Waals surface area (Å²) in [6, 6.07) is 61.2. The van der Waals surface area contributed by atoms with Crippen molar-refractivity contribution in [1.29, 1.82) is 0 Å². The van der Waals surface area contributed by atoms with Crippen LogP contribution in [0.2, 0.25) is 0 Å². The highest BCUT2D eigenvalue weighted by Gasteiger charge is 2.14. The van der Waals surface area contributed by atoms with Crippen molar-refractivity contribution in [3.63, 3.8) is 0 Å². The van der Waals surface area contributed by atoms with E-state index in [9.17, 15) is 0 Å². The molecule has 0 spiro atoms. The molecule has 0 amide bonds. The third-order valence-corrected chi connectivity index (χ3v) is 12.8. The Morgan fingerprint density at radius 1 is 0.308 bits per heavy atom. The summed E-state index contributed by atoms with van der Waals surface area (Å²) in [4.78, 5) is 10.5. The second-order valence-corrected chi connectivity index (χ2v) is 15.4. The van der Waals surface area contributed by atoms with Gasteiger partial charge < -0.3 is 0 Å². The van der Waals surface area contributed by atoms with Crippen molar-refractivity contribution < 1.29 is 0 Å². The normalized spacial score (nSPS) is 11.8. The first-order valence-electron chi connectivity index (χ1n) is 17.5. The Kier molecular flexibility index (Phi) is 6.63. The fraction of sp³-hybridized carbons (Fsp3) is 0. The van der Waals surface area contributed by atoms with Crippen molar-refractivity contribution in [1.82, 2.24) is 9.97 Å². The molecule has 242 valence electrons. The maximum atomic E-state index is 5.23. The first kappa shape index (κ1) is 29.5. The lowest BCUT2D eigenvalue weighted by molar-refractivity contribution is 1.36. The zero-order chi connectivity index (χ0) is 34.2. The smallest absolute Gasteiger partial charge is 0.0972 e. The van der Waals surface area contributed by atoms with E-state index >= 15 is 0 Å². The average Bonchev–Trinajstić information content (AvgIpc) is 3.79. The summed E-state index contributed by atoms with van der Waals surface area (Å²) >= 11 is 3.73. The Bertz CT molecular complexity index is 2950. The van der Waals surface area contributed by atoms with E-state index in [4.69, 9.17) is 9.97 Å². The van der Waals surface area contributed by atoms with Crippen molar-refractivity contribution in [3.05, 3.63) is 170 Å². The highest BCUT2D eigenvalue weighted by molar-refractivity contribution is 7.26. The molecule has 0 fully saturated rings. The van der Waals surface area contributed by atoms with E-state index in [1.165, 1.54) is 62.6 Å². The standard InChI is InChI=1S/C48H28N2S2/c1-3-13-43-37(7-1)39-11-5-9-35(47(39)51-43)29-15-19-31(20-16-29)41-27-25-33-23-24-34-26-28-42(50-46(34)45(33)49-41)32-21-17-30(18-22-32)36-10-6-12-40-38-8-2-4-14-44(38)52-48(36)40/h1-28H. The fourth-order valence-electron chi connectivity index (χ4n) is 7.68. The average molecular weight is 697 g/mol. The van der Waals surface area contributed by atoms with Gasteiger partial charge in [0.2, 0.25) is 0 Å². The number of thiophene rings is 2. The predicted molar refractivity (Wildman–Crippen MR) is 225 cm³/mol. The molecule has 0 aliphatic carbocycles. The molecule has 0 unspecified atom stereocenters. The van der Waals surface area contributed by atoms with Crippen molar-refractivity contribution in [2.24, 2.45) is 0 Å². The summed E-state index contributed by atoms with van der Waals surface area (Å²) in [6.07, 6.45) is 0. The van der Waals surface area contributed by atoms with Gasteiger partial charge in [-0.2, -0.15) is 0 Å². The van der Waals surface area contributed by atoms with Gasteiger partial charge in [-0.25, -0.2) is 9.97 Å². The molecule has 4 aromatic heterocycles. The minimum atomic E-state index is 0.920. The van der Waals surface area contributed by atoms with E-state index in [1.807, 2.05) is 22.7 Å². The molecule has 4 heteroatoms. The lowest BCUT2D eigenvalue weighted by Crippen LogP contribution is -1.91. The van der Waals surface area contributed by atoms with Crippen LogP contribution < -0.4 is 0 Å². The van der Waals surface area contributed by atoms with Gasteiger partial charge in [0.05, 0.1) is 22.4 Å². The number of aromatic nitrogens is 2. The number of nitrogens with zero attached hydrogens (tertiary/aromatic N) is 2. The van der Waals surface area contributed by atoms with Crippen LogP contribution in [0.4, 0.5) is 0 Å². The van der Waals surface area contributed by atoms with E-state index in [-0.39, 0.29) is 0 Å². The van der Waals surface area contributed by atoms with Gasteiger partial charge in [0.15, 0.2) is 0 Å². The first-order valence-corrected chi connectivity index (χ1v) is 19.1. The third-order valence-electron chi connectivity index (χ3n) is 10.3. The van der Waals surface area contributed by atoms with Crippen LogP contribution in [0.15, 0.2) is 170 Å². The fourth-order valence-corrected chi connectivity index (χ4v) is 10.2. The summed E-state index contributed by atoms with van der Waals surface area (Å²) in [6.45, 7) is 0. The van der Waals surface area contributed by atoms with Gasteiger partial charge in [-0.15, -0.1) is 22.7 Å². The first-order chi connectivity index (χ1) is 25.7. The second-order valence-electron chi connectivity index (χ2n) is 13.3. The van der Waals surface area contributed by atoms with Crippen LogP contribution in [0.5, 0.6) is 0 Å². The molecule has 0 saturated heterocycles. The SMILES string of the molecule is c1ccc2c(c1)sc1c(-c3ccc(-c4ccc5ccc6ccc(-c7ccc(-c8cccc9c8sc8ccccc89)cc7)nc6c5n4)cc3)cccc12. The van der Waals surface area contributed by atoms with Gasteiger partial charge in [-0.3, -0.25) is 0 Å².